The molecule has 0 radical (unpaired) electrons. The molecular weight excluding hydrogens is 348 g/mol. The van der Waals surface area contributed by atoms with Crippen LogP contribution in [0.2, 0.25) is 0 Å². The van der Waals surface area contributed by atoms with Crippen LogP contribution in [0, 0.1) is 6.92 Å². The van der Waals surface area contributed by atoms with Gasteiger partial charge in [0, 0.05) is 17.4 Å². The zero-order chi connectivity index (χ0) is 14.0. The monoisotopic (exact) mass is 366 g/mol. The minimum Gasteiger partial charge on any atom is -0.249 e. The number of thiazole rings is 1. The van der Waals surface area contributed by atoms with Gasteiger partial charge in [-0.2, -0.15) is 4.31 Å². The van der Waals surface area contributed by atoms with Crippen molar-refractivity contribution in [3.05, 3.63) is 11.2 Å². The second-order valence-corrected chi connectivity index (χ2v) is 9.90. The summed E-state index contributed by atoms with van der Waals surface area (Å²) in [6, 6.07) is 0.107. The van der Waals surface area contributed by atoms with Crippen molar-refractivity contribution in [1.82, 2.24) is 9.29 Å². The molecule has 1 aliphatic rings. The first-order valence-corrected chi connectivity index (χ1v) is 9.67. The SMILES string of the molecule is Cc1ncc(S(=O)(=O)N2CCCCC2CC(C)Br)s1. The highest BCUT2D eigenvalue weighted by molar-refractivity contribution is 9.09. The average Bonchev–Trinajstić information content (AvgIpc) is 2.76. The Balaban J connectivity index is 2.26. The van der Waals surface area contributed by atoms with E-state index < -0.39 is 10.0 Å². The zero-order valence-corrected chi connectivity index (χ0v) is 14.4. The van der Waals surface area contributed by atoms with Crippen molar-refractivity contribution in [1.29, 1.82) is 0 Å². The molecule has 1 aliphatic heterocycles. The molecule has 2 rings (SSSR count). The summed E-state index contributed by atoms with van der Waals surface area (Å²) in [5.41, 5.74) is 0. The summed E-state index contributed by atoms with van der Waals surface area (Å²) in [5, 5.41) is 0.793. The molecule has 1 saturated heterocycles. The summed E-state index contributed by atoms with van der Waals surface area (Å²) in [4.78, 5) is 4.40. The van der Waals surface area contributed by atoms with E-state index in [-0.39, 0.29) is 6.04 Å². The Hall–Kier alpha value is 0.0200. The van der Waals surface area contributed by atoms with Crippen molar-refractivity contribution >= 4 is 37.3 Å². The largest absolute Gasteiger partial charge is 0.254 e. The molecule has 2 unspecified atom stereocenters. The summed E-state index contributed by atoms with van der Waals surface area (Å²) in [6.07, 6.45) is 5.35. The summed E-state index contributed by atoms with van der Waals surface area (Å²) >= 11 is 4.79. The number of halogens is 1. The Morgan fingerprint density at radius 2 is 2.32 bits per heavy atom. The molecule has 19 heavy (non-hydrogen) atoms. The first-order valence-electron chi connectivity index (χ1n) is 6.49. The summed E-state index contributed by atoms with van der Waals surface area (Å²) in [6.45, 7) is 4.53. The van der Waals surface area contributed by atoms with Crippen LogP contribution >= 0.6 is 27.3 Å². The van der Waals surface area contributed by atoms with Crippen molar-refractivity contribution in [2.24, 2.45) is 0 Å². The molecular formula is C12H19BrN2O2S2. The van der Waals surface area contributed by atoms with Crippen LogP contribution in [0.1, 0.15) is 37.6 Å². The highest BCUT2D eigenvalue weighted by Gasteiger charge is 2.34. The molecule has 0 bridgehead atoms. The van der Waals surface area contributed by atoms with Crippen molar-refractivity contribution < 1.29 is 8.42 Å². The van der Waals surface area contributed by atoms with Crippen LogP contribution < -0.4 is 0 Å². The van der Waals surface area contributed by atoms with Gasteiger partial charge in [-0.05, 0) is 26.2 Å². The predicted molar refractivity (Wildman–Crippen MR) is 81.4 cm³/mol. The molecule has 0 aliphatic carbocycles. The summed E-state index contributed by atoms with van der Waals surface area (Å²) in [7, 11) is -3.37. The third-order valence-corrected chi connectivity index (χ3v) is 7.01. The number of nitrogens with zero attached hydrogens (tertiary/aromatic N) is 2. The fourth-order valence-corrected chi connectivity index (χ4v) is 5.85. The third kappa shape index (κ3) is 3.56. The van der Waals surface area contributed by atoms with Gasteiger partial charge in [-0.15, -0.1) is 11.3 Å². The highest BCUT2D eigenvalue weighted by Crippen LogP contribution is 2.30. The van der Waals surface area contributed by atoms with Gasteiger partial charge in [-0.1, -0.05) is 29.3 Å². The van der Waals surface area contributed by atoms with Gasteiger partial charge in [0.05, 0.1) is 11.2 Å². The van der Waals surface area contributed by atoms with Gasteiger partial charge in [0.2, 0.25) is 0 Å². The number of aromatic nitrogens is 1. The molecule has 7 heteroatoms. The molecule has 1 aromatic heterocycles. The van der Waals surface area contributed by atoms with E-state index in [1.165, 1.54) is 17.5 Å². The van der Waals surface area contributed by atoms with Crippen molar-refractivity contribution in [3.8, 4) is 0 Å². The molecule has 108 valence electrons. The second-order valence-electron chi connectivity index (χ2n) is 4.98. The van der Waals surface area contributed by atoms with Gasteiger partial charge >= 0.3 is 0 Å². The molecule has 0 aromatic carbocycles. The number of rotatable bonds is 4. The number of alkyl halides is 1. The van der Waals surface area contributed by atoms with Crippen molar-refractivity contribution in [2.45, 2.75) is 54.6 Å². The zero-order valence-electron chi connectivity index (χ0n) is 11.2. The standard InChI is InChI=1S/C12H19BrN2O2S2/c1-9(13)7-11-5-3-4-6-15(11)19(16,17)12-8-14-10(2)18-12/h8-9,11H,3-7H2,1-2H3. The van der Waals surface area contributed by atoms with E-state index >= 15 is 0 Å². The number of hydrogen-bond acceptors (Lipinski definition) is 4. The van der Waals surface area contributed by atoms with Crippen molar-refractivity contribution in [2.75, 3.05) is 6.54 Å². The minimum absolute atomic E-state index is 0.107. The normalized spacial score (nSPS) is 23.4. The lowest BCUT2D eigenvalue weighted by atomic mass is 10.0. The quantitative estimate of drug-likeness (QED) is 0.768. The Kier molecular flexibility index (Phi) is 5.03. The highest BCUT2D eigenvalue weighted by atomic mass is 79.9. The minimum atomic E-state index is -3.37. The first-order chi connectivity index (χ1) is 8.91. The van der Waals surface area contributed by atoms with Crippen LogP contribution in [0.15, 0.2) is 10.4 Å². The lowest BCUT2D eigenvalue weighted by molar-refractivity contribution is 0.242. The topological polar surface area (TPSA) is 50.3 Å². The predicted octanol–water partition coefficient (Wildman–Crippen LogP) is 3.17. The van der Waals surface area contributed by atoms with E-state index in [0.29, 0.717) is 15.6 Å². The Morgan fingerprint density at radius 3 is 2.89 bits per heavy atom. The van der Waals surface area contributed by atoms with Gasteiger partial charge in [0.25, 0.3) is 10.0 Å². The van der Waals surface area contributed by atoms with Crippen LogP contribution in [0.25, 0.3) is 0 Å². The molecule has 0 amide bonds. The maximum absolute atomic E-state index is 12.7. The molecule has 1 fully saturated rings. The van der Waals surface area contributed by atoms with E-state index in [4.69, 9.17) is 0 Å². The number of hydrogen-bond donors (Lipinski definition) is 0. The number of sulfonamides is 1. The molecule has 2 heterocycles. The van der Waals surface area contributed by atoms with Crippen LogP contribution in [-0.4, -0.2) is 35.1 Å². The Morgan fingerprint density at radius 1 is 1.58 bits per heavy atom. The summed E-state index contributed by atoms with van der Waals surface area (Å²) in [5.74, 6) is 0. The molecule has 0 saturated carbocycles. The van der Waals surface area contributed by atoms with Crippen LogP contribution in [0.5, 0.6) is 0 Å². The lowest BCUT2D eigenvalue weighted by Gasteiger charge is -2.34. The van der Waals surface area contributed by atoms with E-state index in [2.05, 4.69) is 27.8 Å². The van der Waals surface area contributed by atoms with E-state index in [1.807, 2.05) is 6.92 Å². The summed E-state index contributed by atoms with van der Waals surface area (Å²) < 4.78 is 27.4. The van der Waals surface area contributed by atoms with Gasteiger partial charge in [0.15, 0.2) is 4.21 Å². The van der Waals surface area contributed by atoms with E-state index in [0.717, 1.165) is 30.7 Å². The molecule has 1 aromatic rings. The average molecular weight is 367 g/mol. The van der Waals surface area contributed by atoms with Crippen LogP contribution in [0.3, 0.4) is 0 Å². The smallest absolute Gasteiger partial charge is 0.249 e. The first kappa shape index (κ1) is 15.4. The van der Waals surface area contributed by atoms with Gasteiger partial charge < -0.3 is 0 Å². The molecule has 4 nitrogen and oxygen atoms in total. The maximum Gasteiger partial charge on any atom is 0.254 e. The number of piperidine rings is 1. The van der Waals surface area contributed by atoms with E-state index in [9.17, 15) is 8.42 Å². The Labute approximate surface area is 127 Å². The fourth-order valence-electron chi connectivity index (χ4n) is 2.48. The lowest BCUT2D eigenvalue weighted by Crippen LogP contribution is -2.44. The maximum atomic E-state index is 12.7. The van der Waals surface area contributed by atoms with Gasteiger partial charge in [0.1, 0.15) is 0 Å². The molecule has 0 spiro atoms. The molecule has 0 N–H and O–H groups in total. The van der Waals surface area contributed by atoms with Crippen molar-refractivity contribution in [3.63, 3.8) is 0 Å². The molecule has 2 atom stereocenters. The van der Waals surface area contributed by atoms with Crippen LogP contribution in [-0.2, 0) is 10.0 Å². The third-order valence-electron chi connectivity index (χ3n) is 3.33. The Bertz CT molecular complexity index is 528. The van der Waals surface area contributed by atoms with Gasteiger partial charge in [-0.25, -0.2) is 13.4 Å². The van der Waals surface area contributed by atoms with Crippen LogP contribution in [0.4, 0.5) is 0 Å². The second kappa shape index (κ2) is 6.20. The van der Waals surface area contributed by atoms with Gasteiger partial charge in [-0.3, -0.25) is 0 Å². The van der Waals surface area contributed by atoms with E-state index in [1.54, 1.807) is 4.31 Å². The number of aryl methyl sites for hydroxylation is 1. The fraction of sp³-hybridized carbons (Fsp3) is 0.750.